The molecule has 1 rings (SSSR count). The smallest absolute Gasteiger partial charge is 0.308 e. The van der Waals surface area contributed by atoms with Gasteiger partial charge in [0.05, 0.1) is 5.92 Å². The third-order valence-electron chi connectivity index (χ3n) is 1.76. The van der Waals surface area contributed by atoms with Gasteiger partial charge in [-0.25, -0.2) is 0 Å². The second-order valence-corrected chi connectivity index (χ2v) is 2.74. The predicted octanol–water partition coefficient (Wildman–Crippen LogP) is 0.459. The maximum atomic E-state index is 10.3. The van der Waals surface area contributed by atoms with Crippen LogP contribution in [-0.2, 0) is 4.79 Å². The van der Waals surface area contributed by atoms with E-state index in [0.29, 0.717) is 0 Å². The molecular formula is C7H13NO2. The fraction of sp³-hybridized carbons (Fsp3) is 0.857. The van der Waals surface area contributed by atoms with Crippen LogP contribution in [0.2, 0.25) is 0 Å². The number of hydrogen-bond donors (Lipinski definition) is 2. The first-order valence-electron chi connectivity index (χ1n) is 3.72. The molecule has 0 aromatic heterocycles. The number of hydrogen-bond acceptors (Lipinski definition) is 2. The lowest BCUT2D eigenvalue weighted by Crippen LogP contribution is -2.21. The van der Waals surface area contributed by atoms with Crippen LogP contribution in [0, 0.1) is 5.92 Å². The predicted molar refractivity (Wildman–Crippen MR) is 37.8 cm³/mol. The lowest BCUT2D eigenvalue weighted by Gasteiger charge is -1.97. The van der Waals surface area contributed by atoms with Gasteiger partial charge in [0, 0.05) is 6.04 Å². The summed E-state index contributed by atoms with van der Waals surface area (Å²) < 4.78 is 0. The van der Waals surface area contributed by atoms with Crippen LogP contribution in [0.15, 0.2) is 0 Å². The molecular weight excluding hydrogens is 130 g/mol. The van der Waals surface area contributed by atoms with E-state index in [1.165, 1.54) is 0 Å². The zero-order valence-electron chi connectivity index (χ0n) is 6.13. The van der Waals surface area contributed by atoms with Gasteiger partial charge in [0.25, 0.3) is 0 Å². The molecule has 0 spiro atoms. The quantitative estimate of drug-likeness (QED) is 0.601. The Kier molecular flexibility index (Phi) is 2.27. The van der Waals surface area contributed by atoms with Crippen LogP contribution in [0.3, 0.4) is 0 Å². The zero-order chi connectivity index (χ0) is 7.56. The minimum atomic E-state index is -0.659. The minimum absolute atomic E-state index is 0.105. The minimum Gasteiger partial charge on any atom is -0.481 e. The van der Waals surface area contributed by atoms with Crippen molar-refractivity contribution in [2.24, 2.45) is 5.92 Å². The second-order valence-electron chi connectivity index (χ2n) is 2.74. The number of carboxylic acid groups (broad SMARTS) is 1. The fourth-order valence-electron chi connectivity index (χ4n) is 1.02. The summed E-state index contributed by atoms with van der Waals surface area (Å²) in [5.41, 5.74) is 0. The molecule has 0 aliphatic heterocycles. The van der Waals surface area contributed by atoms with Crippen molar-refractivity contribution in [2.45, 2.75) is 25.8 Å². The van der Waals surface area contributed by atoms with E-state index < -0.39 is 5.97 Å². The normalized spacial score (nSPS) is 30.1. The lowest BCUT2D eigenvalue weighted by atomic mass is 10.4. The molecule has 0 radical (unpaired) electrons. The molecule has 2 unspecified atom stereocenters. The maximum absolute atomic E-state index is 10.3. The van der Waals surface area contributed by atoms with Crippen molar-refractivity contribution >= 4 is 5.97 Å². The Morgan fingerprint density at radius 1 is 1.80 bits per heavy atom. The van der Waals surface area contributed by atoms with Crippen molar-refractivity contribution in [1.82, 2.24) is 5.32 Å². The van der Waals surface area contributed by atoms with E-state index in [4.69, 9.17) is 5.11 Å². The highest BCUT2D eigenvalue weighted by atomic mass is 16.4. The molecule has 3 nitrogen and oxygen atoms in total. The van der Waals surface area contributed by atoms with Crippen molar-refractivity contribution in [3.05, 3.63) is 0 Å². The van der Waals surface area contributed by atoms with Crippen LogP contribution in [0.25, 0.3) is 0 Å². The third-order valence-corrected chi connectivity index (χ3v) is 1.76. The van der Waals surface area contributed by atoms with Crippen LogP contribution in [-0.4, -0.2) is 23.7 Å². The van der Waals surface area contributed by atoms with E-state index in [0.717, 1.165) is 19.4 Å². The van der Waals surface area contributed by atoms with Crippen LogP contribution in [0.4, 0.5) is 0 Å². The number of carboxylic acids is 1. The van der Waals surface area contributed by atoms with Gasteiger partial charge in [-0.15, -0.1) is 0 Å². The van der Waals surface area contributed by atoms with Gasteiger partial charge < -0.3 is 10.4 Å². The molecule has 1 saturated carbocycles. The SMILES string of the molecule is CCCNC1CC1C(=O)O. The van der Waals surface area contributed by atoms with Gasteiger partial charge in [0.15, 0.2) is 0 Å². The van der Waals surface area contributed by atoms with E-state index in [9.17, 15) is 4.79 Å². The first-order chi connectivity index (χ1) is 4.75. The molecule has 10 heavy (non-hydrogen) atoms. The third kappa shape index (κ3) is 1.70. The van der Waals surface area contributed by atoms with Gasteiger partial charge in [0.1, 0.15) is 0 Å². The average Bonchev–Trinajstić information content (AvgIpc) is 2.62. The van der Waals surface area contributed by atoms with Gasteiger partial charge in [-0.05, 0) is 19.4 Å². The summed E-state index contributed by atoms with van der Waals surface area (Å²) in [6.45, 7) is 3.01. The molecule has 1 fully saturated rings. The van der Waals surface area contributed by atoms with Gasteiger partial charge in [0.2, 0.25) is 0 Å². The van der Waals surface area contributed by atoms with Crippen molar-refractivity contribution in [3.8, 4) is 0 Å². The average molecular weight is 143 g/mol. The molecule has 0 aromatic carbocycles. The molecule has 3 heteroatoms. The van der Waals surface area contributed by atoms with E-state index in [-0.39, 0.29) is 12.0 Å². The Morgan fingerprint density at radius 2 is 2.50 bits per heavy atom. The summed E-state index contributed by atoms with van der Waals surface area (Å²) in [4.78, 5) is 10.3. The molecule has 58 valence electrons. The molecule has 0 amide bonds. The van der Waals surface area contributed by atoms with Crippen molar-refractivity contribution in [3.63, 3.8) is 0 Å². The van der Waals surface area contributed by atoms with E-state index in [1.807, 2.05) is 0 Å². The van der Waals surface area contributed by atoms with E-state index in [1.54, 1.807) is 0 Å². The summed E-state index contributed by atoms with van der Waals surface area (Å²) in [6.07, 6.45) is 1.89. The van der Waals surface area contributed by atoms with Gasteiger partial charge in [-0.3, -0.25) is 4.79 Å². The van der Waals surface area contributed by atoms with Crippen LogP contribution >= 0.6 is 0 Å². The topological polar surface area (TPSA) is 49.3 Å². The largest absolute Gasteiger partial charge is 0.481 e. The summed E-state index contributed by atoms with van der Waals surface area (Å²) in [5, 5.41) is 11.6. The summed E-state index contributed by atoms with van der Waals surface area (Å²) in [7, 11) is 0. The van der Waals surface area contributed by atoms with Gasteiger partial charge in [-0.1, -0.05) is 6.92 Å². The maximum Gasteiger partial charge on any atom is 0.308 e. The molecule has 0 bridgehead atoms. The molecule has 2 atom stereocenters. The van der Waals surface area contributed by atoms with Gasteiger partial charge in [-0.2, -0.15) is 0 Å². The van der Waals surface area contributed by atoms with Crippen LogP contribution in [0.1, 0.15) is 19.8 Å². The second kappa shape index (κ2) is 3.01. The number of nitrogens with one attached hydrogen (secondary N) is 1. The highest BCUT2D eigenvalue weighted by Crippen LogP contribution is 2.29. The molecule has 1 aliphatic rings. The molecule has 1 aliphatic carbocycles. The highest BCUT2D eigenvalue weighted by Gasteiger charge is 2.42. The summed E-state index contributed by atoms with van der Waals surface area (Å²) >= 11 is 0. The Hall–Kier alpha value is -0.570. The first kappa shape index (κ1) is 7.54. The van der Waals surface area contributed by atoms with E-state index >= 15 is 0 Å². The zero-order valence-corrected chi connectivity index (χ0v) is 6.13. The monoisotopic (exact) mass is 143 g/mol. The molecule has 2 N–H and O–H groups in total. The lowest BCUT2D eigenvalue weighted by molar-refractivity contribution is -0.138. The van der Waals surface area contributed by atoms with E-state index in [2.05, 4.69) is 12.2 Å². The number of aliphatic carboxylic acids is 1. The standard InChI is InChI=1S/C7H13NO2/c1-2-3-8-6-4-5(6)7(9)10/h5-6,8H,2-4H2,1H3,(H,9,10). The van der Waals surface area contributed by atoms with Crippen molar-refractivity contribution in [1.29, 1.82) is 0 Å². The molecule has 0 aromatic rings. The van der Waals surface area contributed by atoms with Crippen molar-refractivity contribution < 1.29 is 9.90 Å². The molecule has 0 heterocycles. The number of carbonyl (C=O) groups is 1. The van der Waals surface area contributed by atoms with Gasteiger partial charge >= 0.3 is 5.97 Å². The Morgan fingerprint density at radius 3 is 2.90 bits per heavy atom. The van der Waals surface area contributed by atoms with Crippen LogP contribution in [0.5, 0.6) is 0 Å². The van der Waals surface area contributed by atoms with Crippen molar-refractivity contribution in [2.75, 3.05) is 6.54 Å². The summed E-state index contributed by atoms with van der Waals surface area (Å²) in [5.74, 6) is -0.764. The Bertz CT molecular complexity index is 136. The first-order valence-corrected chi connectivity index (χ1v) is 3.72. The fourth-order valence-corrected chi connectivity index (χ4v) is 1.02. The highest BCUT2D eigenvalue weighted by molar-refractivity contribution is 5.74. The Labute approximate surface area is 60.4 Å². The summed E-state index contributed by atoms with van der Waals surface area (Å²) in [6, 6.07) is 0.262. The number of rotatable bonds is 4. The molecule has 0 saturated heterocycles. The Balaban J connectivity index is 2.08. The van der Waals surface area contributed by atoms with Crippen LogP contribution < -0.4 is 5.32 Å².